The third-order valence-corrected chi connectivity index (χ3v) is 15.3. The summed E-state index contributed by atoms with van der Waals surface area (Å²) in [6.45, 7) is 0. The van der Waals surface area contributed by atoms with Crippen molar-refractivity contribution in [3.63, 3.8) is 0 Å². The second-order valence-electron chi connectivity index (χ2n) is 16.5. The molecule has 2 aliphatic rings. The van der Waals surface area contributed by atoms with E-state index in [9.17, 15) is 27.0 Å². The fraction of sp³-hybridized carbons (Fsp3) is 0.478. The number of aromatic nitrogens is 6. The normalized spacial score (nSPS) is 15.6. The molecule has 4 aromatic heterocycles. The zero-order valence-corrected chi connectivity index (χ0v) is 39.2. The molecule has 2 atom stereocenters. The van der Waals surface area contributed by atoms with Gasteiger partial charge in [0, 0.05) is 0 Å². The topological polar surface area (TPSA) is 233 Å². The molecule has 0 spiro atoms. The Balaban J connectivity index is 0.000000196. The third-order valence-electron chi connectivity index (χ3n) is 12.2. The first kappa shape index (κ1) is 48.2. The summed E-state index contributed by atoms with van der Waals surface area (Å²) in [5, 5.41) is 37.7. The van der Waals surface area contributed by atoms with E-state index in [2.05, 4.69) is 20.4 Å². The Morgan fingerprint density at radius 1 is 0.561 bits per heavy atom. The molecule has 66 heavy (non-hydrogen) atoms. The molecule has 2 aromatic carbocycles. The molecule has 2 N–H and O–H groups in total. The van der Waals surface area contributed by atoms with Crippen LogP contribution in [0, 0.1) is 11.8 Å². The summed E-state index contributed by atoms with van der Waals surface area (Å²) in [6.07, 6.45) is 10.4. The van der Waals surface area contributed by atoms with Crippen LogP contribution in [0.4, 0.5) is 0 Å². The van der Waals surface area contributed by atoms with E-state index in [4.69, 9.17) is 27.8 Å². The van der Waals surface area contributed by atoms with Gasteiger partial charge in [-0.05, 0) is 98.9 Å². The maximum absolute atomic E-state index is 13.0. The number of rotatable bonds is 20. The lowest BCUT2D eigenvalue weighted by Gasteiger charge is -2.18. The number of nitrogens with zero attached hydrogens (tertiary/aromatic N) is 6. The van der Waals surface area contributed by atoms with Crippen molar-refractivity contribution in [3.8, 4) is 57.5 Å². The van der Waals surface area contributed by atoms with E-state index >= 15 is 0 Å². The average Bonchev–Trinajstić information content (AvgIpc) is 4.18. The molecule has 18 nitrogen and oxygen atoms in total. The fourth-order valence-electron chi connectivity index (χ4n) is 8.82. The number of sulfone groups is 2. The second-order valence-corrected chi connectivity index (χ2v) is 20.9. The molecule has 0 saturated heterocycles. The minimum Gasteiger partial charge on any atom is -0.494 e. The molecular weight excluding hydrogens is 893 g/mol. The zero-order valence-electron chi connectivity index (χ0n) is 37.6. The fourth-order valence-corrected chi connectivity index (χ4v) is 11.5. The van der Waals surface area contributed by atoms with Crippen molar-refractivity contribution in [2.45, 2.75) is 87.9 Å². The van der Waals surface area contributed by atoms with Crippen LogP contribution in [0.1, 0.15) is 75.9 Å². The van der Waals surface area contributed by atoms with Gasteiger partial charge in [-0.1, -0.05) is 37.8 Å². The molecular formula is C46H58N6O12S2. The van der Waals surface area contributed by atoms with Gasteiger partial charge in [0.1, 0.15) is 45.9 Å². The van der Waals surface area contributed by atoms with E-state index in [0.29, 0.717) is 57.5 Å². The average molecular weight is 951 g/mol. The Kier molecular flexibility index (Phi) is 15.9. The summed E-state index contributed by atoms with van der Waals surface area (Å²) in [4.78, 5) is 0. The smallest absolute Gasteiger partial charge is 0.204 e. The Morgan fingerprint density at radius 3 is 1.21 bits per heavy atom. The highest BCUT2D eigenvalue weighted by Gasteiger charge is 2.31. The minimum atomic E-state index is -3.58. The molecule has 356 valence electrons. The Hall–Kier alpha value is -5.70. The van der Waals surface area contributed by atoms with E-state index in [1.807, 2.05) is 0 Å². The van der Waals surface area contributed by atoms with Gasteiger partial charge in [0.15, 0.2) is 42.8 Å². The number of aliphatic hydroxyl groups excluding tert-OH is 2. The maximum Gasteiger partial charge on any atom is 0.204 e. The van der Waals surface area contributed by atoms with Gasteiger partial charge in [-0.3, -0.25) is 9.13 Å². The van der Waals surface area contributed by atoms with Gasteiger partial charge in [0.05, 0.1) is 64.7 Å². The van der Waals surface area contributed by atoms with Crippen LogP contribution in [0.5, 0.6) is 23.0 Å². The number of furan rings is 2. The van der Waals surface area contributed by atoms with E-state index in [-0.39, 0.29) is 59.3 Å². The van der Waals surface area contributed by atoms with Crippen molar-refractivity contribution in [1.82, 2.24) is 29.5 Å². The lowest BCUT2D eigenvalue weighted by atomic mass is 9.99. The number of hydrogen-bond donors (Lipinski definition) is 2. The first-order chi connectivity index (χ1) is 31.9. The van der Waals surface area contributed by atoms with Crippen LogP contribution in [0.3, 0.4) is 0 Å². The summed E-state index contributed by atoms with van der Waals surface area (Å²) in [6, 6.07) is 17.4. The quantitative estimate of drug-likeness (QED) is 0.0801. The number of hydrogen-bond acceptors (Lipinski definition) is 16. The van der Waals surface area contributed by atoms with E-state index in [1.165, 1.54) is 41.0 Å². The number of para-hydroxylation sites is 2. The minimum absolute atomic E-state index is 0.128. The van der Waals surface area contributed by atoms with Crippen LogP contribution in [0.2, 0.25) is 0 Å². The Morgan fingerprint density at radius 2 is 0.909 bits per heavy atom. The van der Waals surface area contributed by atoms with Gasteiger partial charge < -0.3 is 38.0 Å². The summed E-state index contributed by atoms with van der Waals surface area (Å²) in [5.74, 6) is 3.23. The first-order valence-corrected chi connectivity index (χ1v) is 25.7. The highest BCUT2D eigenvalue weighted by Crippen LogP contribution is 2.39. The van der Waals surface area contributed by atoms with Crippen molar-refractivity contribution in [2.24, 2.45) is 11.8 Å². The summed E-state index contributed by atoms with van der Waals surface area (Å²) in [7, 11) is -1.06. The summed E-state index contributed by atoms with van der Waals surface area (Å²) >= 11 is 0. The highest BCUT2D eigenvalue weighted by atomic mass is 32.2. The van der Waals surface area contributed by atoms with Crippen LogP contribution in [0.15, 0.2) is 82.0 Å². The lowest BCUT2D eigenvalue weighted by Crippen LogP contribution is -2.23. The van der Waals surface area contributed by atoms with Crippen LogP contribution >= 0.6 is 0 Å². The molecule has 8 rings (SSSR count). The van der Waals surface area contributed by atoms with Crippen molar-refractivity contribution >= 4 is 19.7 Å². The van der Waals surface area contributed by atoms with Crippen molar-refractivity contribution in [1.29, 1.82) is 0 Å². The summed E-state index contributed by atoms with van der Waals surface area (Å²) < 4.78 is 88.5. The predicted molar refractivity (Wildman–Crippen MR) is 244 cm³/mol. The van der Waals surface area contributed by atoms with E-state index in [1.54, 1.807) is 69.8 Å². The Bertz CT molecular complexity index is 2480. The van der Waals surface area contributed by atoms with Gasteiger partial charge in [0.25, 0.3) is 0 Å². The molecule has 4 heterocycles. The number of benzene rings is 2. The maximum atomic E-state index is 13.0. The molecule has 0 aliphatic heterocycles. The molecule has 0 bridgehead atoms. The van der Waals surface area contributed by atoms with Gasteiger partial charge >= 0.3 is 0 Å². The molecule has 6 aromatic rings. The predicted octanol–water partition coefficient (Wildman–Crippen LogP) is 6.80. The molecule has 0 amide bonds. The number of aliphatic hydroxyl groups is 2. The van der Waals surface area contributed by atoms with Crippen molar-refractivity contribution in [2.75, 3.05) is 39.9 Å². The van der Waals surface area contributed by atoms with E-state index in [0.717, 1.165) is 51.4 Å². The zero-order chi connectivity index (χ0) is 46.8. The third kappa shape index (κ3) is 11.3. The molecule has 0 radical (unpaired) electrons. The van der Waals surface area contributed by atoms with Gasteiger partial charge in [0.2, 0.25) is 11.6 Å². The molecule has 20 heteroatoms. The monoisotopic (exact) mass is 950 g/mol. The molecule has 2 saturated carbocycles. The standard InChI is InChI=1S/2C23H29N3O6S/c2*1-30-18-9-5-10-19(31-2)22(18)26-21(24-25-23(26)20-11-6-13-32-20)15-33(28,29)14-12-17(27)16-7-3-4-8-16/h2*5-6,9-11,13,16-17,27H,3-4,7-8,12,14-15H2,1-2H3/t2*17-/m10/s1. The van der Waals surface area contributed by atoms with Gasteiger partial charge in [-0.15, -0.1) is 20.4 Å². The highest BCUT2D eigenvalue weighted by molar-refractivity contribution is 7.90. The van der Waals surface area contributed by atoms with Crippen molar-refractivity contribution in [3.05, 3.63) is 84.8 Å². The number of ether oxygens (including phenoxy) is 4. The van der Waals surface area contributed by atoms with Gasteiger partial charge in [-0.25, -0.2) is 16.8 Å². The van der Waals surface area contributed by atoms with Crippen LogP contribution in [-0.2, 0) is 31.2 Å². The molecule has 2 aliphatic carbocycles. The van der Waals surface area contributed by atoms with Gasteiger partial charge in [-0.2, -0.15) is 0 Å². The Labute approximate surface area is 384 Å². The second kappa shape index (κ2) is 21.7. The summed E-state index contributed by atoms with van der Waals surface area (Å²) in [5.41, 5.74) is 0.963. The van der Waals surface area contributed by atoms with Crippen LogP contribution in [-0.4, -0.2) is 109 Å². The van der Waals surface area contributed by atoms with Crippen LogP contribution in [0.25, 0.3) is 34.5 Å². The van der Waals surface area contributed by atoms with Crippen LogP contribution < -0.4 is 18.9 Å². The lowest BCUT2D eigenvalue weighted by molar-refractivity contribution is 0.107. The number of methoxy groups -OCH3 is 4. The molecule has 2 fully saturated rings. The SMILES string of the molecule is COc1cccc(OC)c1-n1c(CS(=O)(=O)CC[C@@H](O)C2CCCC2)nnc1-c1ccco1.COc1cccc(OC)c1-n1c(CS(=O)(=O)CC[C@H](O)C2CCCC2)nnc1-c1ccco1. The first-order valence-electron chi connectivity index (χ1n) is 22.0. The largest absolute Gasteiger partial charge is 0.494 e. The van der Waals surface area contributed by atoms with Crippen molar-refractivity contribution < 1.29 is 54.8 Å². The molecule has 0 unspecified atom stereocenters. The van der Waals surface area contributed by atoms with E-state index < -0.39 is 31.9 Å².